The van der Waals surface area contributed by atoms with Crippen molar-refractivity contribution in [1.29, 1.82) is 0 Å². The Bertz CT molecular complexity index is 776. The first kappa shape index (κ1) is 16.0. The third-order valence-corrected chi connectivity index (χ3v) is 4.04. The SMILES string of the molecule is CCCCc1ncc(CN(C)Cc2nc3ccc(Cl)cc3[nH]2)[nH]1. The molecule has 2 N–H and O–H groups in total. The van der Waals surface area contributed by atoms with E-state index in [1.165, 1.54) is 12.8 Å². The summed E-state index contributed by atoms with van der Waals surface area (Å²) in [6, 6.07) is 5.70. The van der Waals surface area contributed by atoms with E-state index in [9.17, 15) is 0 Å². The molecule has 122 valence electrons. The molecule has 0 aliphatic heterocycles. The number of imidazole rings is 2. The predicted octanol–water partition coefficient (Wildman–Crippen LogP) is 3.91. The maximum absolute atomic E-state index is 6.01. The van der Waals surface area contributed by atoms with Gasteiger partial charge in [-0.2, -0.15) is 0 Å². The van der Waals surface area contributed by atoms with Gasteiger partial charge in [-0.15, -0.1) is 0 Å². The Kier molecular flexibility index (Phi) is 4.98. The van der Waals surface area contributed by atoms with Gasteiger partial charge in [-0.05, 0) is 31.7 Å². The molecule has 0 unspecified atom stereocenters. The van der Waals surface area contributed by atoms with Crippen LogP contribution >= 0.6 is 11.6 Å². The van der Waals surface area contributed by atoms with Crippen molar-refractivity contribution in [2.45, 2.75) is 39.3 Å². The second-order valence-electron chi connectivity index (χ2n) is 5.98. The summed E-state index contributed by atoms with van der Waals surface area (Å²) >= 11 is 6.01. The molecule has 1 aromatic carbocycles. The number of nitrogens with one attached hydrogen (secondary N) is 2. The highest BCUT2D eigenvalue weighted by molar-refractivity contribution is 6.31. The van der Waals surface area contributed by atoms with Crippen molar-refractivity contribution in [2.75, 3.05) is 7.05 Å². The second-order valence-corrected chi connectivity index (χ2v) is 6.41. The summed E-state index contributed by atoms with van der Waals surface area (Å²) in [6.45, 7) is 3.75. The van der Waals surface area contributed by atoms with Crippen molar-refractivity contribution in [2.24, 2.45) is 0 Å². The Labute approximate surface area is 141 Å². The van der Waals surface area contributed by atoms with Crippen molar-refractivity contribution in [1.82, 2.24) is 24.8 Å². The number of aromatic nitrogens is 4. The van der Waals surface area contributed by atoms with Crippen LogP contribution in [0, 0.1) is 0 Å². The number of aryl methyl sites for hydroxylation is 1. The molecule has 0 aliphatic carbocycles. The quantitative estimate of drug-likeness (QED) is 0.690. The third kappa shape index (κ3) is 4.12. The standard InChI is InChI=1S/C17H22ClN5/c1-3-4-5-16-19-9-13(20-16)10-23(2)11-17-21-14-7-6-12(18)8-15(14)22-17/h6-9H,3-5,10-11H2,1-2H3,(H,19,20)(H,21,22). The normalized spacial score (nSPS) is 11.7. The summed E-state index contributed by atoms with van der Waals surface area (Å²) < 4.78 is 0. The summed E-state index contributed by atoms with van der Waals surface area (Å²) in [5.74, 6) is 2.02. The van der Waals surface area contributed by atoms with Crippen LogP contribution in [0.15, 0.2) is 24.4 Å². The zero-order chi connectivity index (χ0) is 16.2. The van der Waals surface area contributed by atoms with Crippen LogP contribution in [0.2, 0.25) is 5.02 Å². The molecule has 23 heavy (non-hydrogen) atoms. The average Bonchev–Trinajstić information content (AvgIpc) is 3.10. The number of hydrogen-bond donors (Lipinski definition) is 2. The Morgan fingerprint density at radius 1 is 1.17 bits per heavy atom. The summed E-state index contributed by atoms with van der Waals surface area (Å²) in [4.78, 5) is 18.0. The van der Waals surface area contributed by atoms with Crippen molar-refractivity contribution in [3.63, 3.8) is 0 Å². The fraction of sp³-hybridized carbons (Fsp3) is 0.412. The van der Waals surface area contributed by atoms with Gasteiger partial charge in [0, 0.05) is 29.9 Å². The number of halogens is 1. The molecule has 0 bridgehead atoms. The van der Waals surface area contributed by atoms with Crippen LogP contribution in [-0.2, 0) is 19.5 Å². The number of fused-ring (bicyclic) bond motifs is 1. The first-order valence-corrected chi connectivity index (χ1v) is 8.37. The number of unbranched alkanes of at least 4 members (excludes halogenated alkanes) is 1. The Balaban J connectivity index is 1.61. The fourth-order valence-corrected chi connectivity index (χ4v) is 2.84. The molecule has 0 atom stereocenters. The highest BCUT2D eigenvalue weighted by atomic mass is 35.5. The molecule has 3 rings (SSSR count). The molecule has 0 saturated heterocycles. The fourth-order valence-electron chi connectivity index (χ4n) is 2.67. The smallest absolute Gasteiger partial charge is 0.121 e. The van der Waals surface area contributed by atoms with Crippen molar-refractivity contribution in [3.8, 4) is 0 Å². The van der Waals surface area contributed by atoms with Crippen LogP contribution in [0.1, 0.15) is 37.1 Å². The lowest BCUT2D eigenvalue weighted by Crippen LogP contribution is -2.18. The van der Waals surface area contributed by atoms with Gasteiger partial charge < -0.3 is 9.97 Å². The highest BCUT2D eigenvalue weighted by Crippen LogP contribution is 2.18. The van der Waals surface area contributed by atoms with E-state index in [-0.39, 0.29) is 0 Å². The minimum Gasteiger partial charge on any atom is -0.345 e. The summed E-state index contributed by atoms with van der Waals surface area (Å²) in [6.07, 6.45) is 5.31. The van der Waals surface area contributed by atoms with Gasteiger partial charge >= 0.3 is 0 Å². The van der Waals surface area contributed by atoms with Gasteiger partial charge in [0.25, 0.3) is 0 Å². The van der Waals surface area contributed by atoms with Gasteiger partial charge in [-0.3, -0.25) is 4.90 Å². The number of hydrogen-bond acceptors (Lipinski definition) is 3. The molecule has 2 aromatic heterocycles. The van der Waals surface area contributed by atoms with Gasteiger partial charge in [0.15, 0.2) is 0 Å². The molecule has 2 heterocycles. The topological polar surface area (TPSA) is 60.6 Å². The Hall–Kier alpha value is -1.85. The second kappa shape index (κ2) is 7.15. The summed E-state index contributed by atoms with van der Waals surface area (Å²) in [5.41, 5.74) is 3.06. The molecular weight excluding hydrogens is 310 g/mol. The molecule has 0 fully saturated rings. The van der Waals surface area contributed by atoms with Gasteiger partial charge in [0.2, 0.25) is 0 Å². The molecule has 0 amide bonds. The van der Waals surface area contributed by atoms with E-state index in [1.807, 2.05) is 24.4 Å². The molecule has 3 aromatic rings. The lowest BCUT2D eigenvalue weighted by Gasteiger charge is -2.13. The molecule has 5 nitrogen and oxygen atoms in total. The number of rotatable bonds is 7. The number of aromatic amines is 2. The zero-order valence-electron chi connectivity index (χ0n) is 13.6. The van der Waals surface area contributed by atoms with E-state index < -0.39 is 0 Å². The third-order valence-electron chi connectivity index (χ3n) is 3.80. The monoisotopic (exact) mass is 331 g/mol. The van der Waals surface area contributed by atoms with Crippen molar-refractivity contribution >= 4 is 22.6 Å². The van der Waals surface area contributed by atoms with Gasteiger partial charge in [-0.1, -0.05) is 24.9 Å². The van der Waals surface area contributed by atoms with Crippen LogP contribution in [0.25, 0.3) is 11.0 Å². The maximum Gasteiger partial charge on any atom is 0.121 e. The zero-order valence-corrected chi connectivity index (χ0v) is 14.3. The lowest BCUT2D eigenvalue weighted by atomic mass is 10.2. The molecule has 0 spiro atoms. The minimum atomic E-state index is 0.720. The first-order valence-electron chi connectivity index (χ1n) is 7.99. The maximum atomic E-state index is 6.01. The molecule has 0 aliphatic rings. The lowest BCUT2D eigenvalue weighted by molar-refractivity contribution is 0.308. The van der Waals surface area contributed by atoms with E-state index in [2.05, 4.69) is 38.8 Å². The summed E-state index contributed by atoms with van der Waals surface area (Å²) in [5, 5.41) is 0.720. The van der Waals surface area contributed by atoms with Crippen LogP contribution in [0.3, 0.4) is 0 Å². The van der Waals surface area contributed by atoms with E-state index >= 15 is 0 Å². The van der Waals surface area contributed by atoms with E-state index in [0.717, 1.165) is 52.9 Å². The van der Waals surface area contributed by atoms with Crippen LogP contribution < -0.4 is 0 Å². The van der Waals surface area contributed by atoms with E-state index in [1.54, 1.807) is 0 Å². The average molecular weight is 332 g/mol. The van der Waals surface area contributed by atoms with Gasteiger partial charge in [-0.25, -0.2) is 9.97 Å². The molecule has 0 saturated carbocycles. The van der Waals surface area contributed by atoms with Crippen molar-refractivity contribution in [3.05, 3.63) is 46.8 Å². The number of benzene rings is 1. The van der Waals surface area contributed by atoms with E-state index in [4.69, 9.17) is 11.6 Å². The van der Waals surface area contributed by atoms with Crippen LogP contribution in [0.5, 0.6) is 0 Å². The summed E-state index contributed by atoms with van der Waals surface area (Å²) in [7, 11) is 2.08. The minimum absolute atomic E-state index is 0.720. The van der Waals surface area contributed by atoms with E-state index in [0.29, 0.717) is 0 Å². The first-order chi connectivity index (χ1) is 11.1. The molecular formula is C17H22ClN5. The Morgan fingerprint density at radius 2 is 2.04 bits per heavy atom. The van der Waals surface area contributed by atoms with Crippen LogP contribution in [0.4, 0.5) is 0 Å². The Morgan fingerprint density at radius 3 is 2.87 bits per heavy atom. The predicted molar refractivity (Wildman–Crippen MR) is 93.5 cm³/mol. The largest absolute Gasteiger partial charge is 0.345 e. The number of H-pyrrole nitrogens is 2. The number of nitrogens with zero attached hydrogens (tertiary/aromatic N) is 3. The molecule has 6 heteroatoms. The van der Waals surface area contributed by atoms with Gasteiger partial charge in [0.1, 0.15) is 11.6 Å². The van der Waals surface area contributed by atoms with Gasteiger partial charge in [0.05, 0.1) is 17.6 Å². The molecule has 0 radical (unpaired) electrons. The van der Waals surface area contributed by atoms with Crippen LogP contribution in [-0.4, -0.2) is 31.9 Å². The highest BCUT2D eigenvalue weighted by Gasteiger charge is 2.08. The van der Waals surface area contributed by atoms with Crippen molar-refractivity contribution < 1.29 is 0 Å².